The fourth-order valence-corrected chi connectivity index (χ4v) is 40.0. The van der Waals surface area contributed by atoms with Gasteiger partial charge in [0.1, 0.15) is 0 Å². The van der Waals surface area contributed by atoms with Crippen LogP contribution in [-0.4, -0.2) is 5.92 Å². The number of halogens is 2. The Labute approximate surface area is 218 Å². The van der Waals surface area contributed by atoms with Gasteiger partial charge in [-0.05, 0) is 0 Å². The van der Waals surface area contributed by atoms with E-state index in [1.54, 1.807) is 0 Å². The van der Waals surface area contributed by atoms with Gasteiger partial charge in [-0.2, -0.15) is 0 Å². The van der Waals surface area contributed by atoms with Gasteiger partial charge in [-0.3, -0.25) is 0 Å². The van der Waals surface area contributed by atoms with Crippen LogP contribution in [0.2, 0.25) is 12.6 Å². The Kier molecular flexibility index (Phi) is 6.05. The molecule has 0 amide bonds. The van der Waals surface area contributed by atoms with E-state index in [1.165, 1.54) is 69.9 Å². The number of rotatable bonds is 6. The number of hydrogen-bond donors (Lipinski definition) is 0. The fourth-order valence-electron chi connectivity index (χ4n) is 6.61. The van der Waals surface area contributed by atoms with Gasteiger partial charge in [0.25, 0.3) is 0 Å². The van der Waals surface area contributed by atoms with Crippen LogP contribution in [0.1, 0.15) is 42.0 Å². The first kappa shape index (κ1) is 23.9. The van der Waals surface area contributed by atoms with E-state index in [-0.39, 0.29) is 0 Å². The summed E-state index contributed by atoms with van der Waals surface area (Å²) in [7, 11) is 16.6. The molecular formula is C31H31Cl2SiZr. The van der Waals surface area contributed by atoms with Crippen LogP contribution in [0.5, 0.6) is 0 Å². The minimum atomic E-state index is -4.69. The maximum absolute atomic E-state index is 8.32. The van der Waals surface area contributed by atoms with Crippen molar-refractivity contribution in [1.82, 2.24) is 0 Å². The standard InChI is InChI=1S/2C13H9.C5H13Si.2ClH.Zr/c2*1-3-7-12-10(5-1)9-11-6-2-4-8-13(11)12;1-3-4-5-6-2;;;/h2*1-5,7-8H,9H2;6H,3-5H2,1-2H3;2*1H;/q;;;;;+2/p-2. The van der Waals surface area contributed by atoms with Crippen molar-refractivity contribution in [3.8, 4) is 22.3 Å². The molecule has 0 bridgehead atoms. The van der Waals surface area contributed by atoms with Crippen LogP contribution < -0.4 is 6.54 Å². The fraction of sp³-hybridized carbons (Fsp3) is 0.226. The third-order valence-electron chi connectivity index (χ3n) is 8.55. The van der Waals surface area contributed by atoms with E-state index in [4.69, 9.17) is 17.0 Å². The molecule has 0 nitrogen and oxygen atoms in total. The zero-order valence-electron chi connectivity index (χ0n) is 20.5. The Hall–Kier alpha value is -1.44. The summed E-state index contributed by atoms with van der Waals surface area (Å²) in [6, 6.07) is 32.4. The summed E-state index contributed by atoms with van der Waals surface area (Å²) in [5.74, 6) is -1.54. The zero-order valence-corrected chi connectivity index (χ0v) is 25.6. The first-order chi connectivity index (χ1) is 16.9. The molecule has 0 saturated heterocycles. The molecule has 0 radical (unpaired) electrons. The second-order valence-electron chi connectivity index (χ2n) is 10.5. The summed E-state index contributed by atoms with van der Waals surface area (Å²) < 4.78 is 2.64. The van der Waals surface area contributed by atoms with Crippen molar-refractivity contribution in [3.05, 3.63) is 107 Å². The molecule has 6 rings (SSSR count). The molecule has 4 aromatic carbocycles. The molecular weight excluding hydrogens is 563 g/mol. The van der Waals surface area contributed by atoms with Crippen molar-refractivity contribution < 1.29 is 15.6 Å². The Balaban J connectivity index is 1.62. The molecule has 35 heavy (non-hydrogen) atoms. The first-order valence-electron chi connectivity index (χ1n) is 12.9. The van der Waals surface area contributed by atoms with E-state index >= 15 is 0 Å². The van der Waals surface area contributed by atoms with E-state index in [1.807, 2.05) is 0 Å². The van der Waals surface area contributed by atoms with Crippen molar-refractivity contribution in [1.29, 1.82) is 0 Å². The van der Waals surface area contributed by atoms with Gasteiger partial charge in [-0.15, -0.1) is 0 Å². The van der Waals surface area contributed by atoms with Crippen LogP contribution in [0.3, 0.4) is 0 Å². The van der Waals surface area contributed by atoms with Crippen molar-refractivity contribution in [2.24, 2.45) is 0 Å². The van der Waals surface area contributed by atoms with Gasteiger partial charge in [0.2, 0.25) is 0 Å². The first-order valence-corrected chi connectivity index (χ1v) is 28.5. The third-order valence-corrected chi connectivity index (χ3v) is 55.3. The zero-order chi connectivity index (χ0) is 24.2. The van der Waals surface area contributed by atoms with Crippen LogP contribution in [-0.2, 0) is 28.4 Å². The number of benzene rings is 4. The van der Waals surface area contributed by atoms with Crippen LogP contribution in [0.4, 0.5) is 0 Å². The van der Waals surface area contributed by atoms with E-state index in [2.05, 4.69) is 98.4 Å². The molecule has 2 aliphatic carbocycles. The maximum atomic E-state index is 8.32. The predicted octanol–water partition coefficient (Wildman–Crippen LogP) is 7.93. The Morgan fingerprint density at radius 3 is 1.60 bits per heavy atom. The molecule has 0 aromatic heterocycles. The number of hydrogen-bond acceptors (Lipinski definition) is 0. The molecule has 0 saturated carbocycles. The molecule has 2 aliphatic rings. The quantitative estimate of drug-likeness (QED) is 0.172. The van der Waals surface area contributed by atoms with Gasteiger partial charge >= 0.3 is 220 Å². The predicted molar refractivity (Wildman–Crippen MR) is 153 cm³/mol. The van der Waals surface area contributed by atoms with Crippen LogP contribution >= 0.6 is 17.0 Å². The van der Waals surface area contributed by atoms with E-state index < -0.39 is 21.5 Å². The average Bonchev–Trinajstić information content (AvgIpc) is 3.45. The third kappa shape index (κ3) is 3.55. The summed E-state index contributed by atoms with van der Waals surface area (Å²) in [5.41, 5.74) is 11.0. The second kappa shape index (κ2) is 8.84. The second-order valence-corrected chi connectivity index (χ2v) is 49.7. The molecule has 0 fully saturated rings. The van der Waals surface area contributed by atoms with Crippen molar-refractivity contribution in [2.45, 2.75) is 45.2 Å². The van der Waals surface area contributed by atoms with Gasteiger partial charge in [0, 0.05) is 0 Å². The summed E-state index contributed by atoms with van der Waals surface area (Å²) in [4.78, 5) is 0. The summed E-state index contributed by atoms with van der Waals surface area (Å²) in [5, 5.41) is 0. The summed E-state index contributed by atoms with van der Waals surface area (Å²) >= 11 is -4.69. The summed E-state index contributed by atoms with van der Waals surface area (Å²) in [6.07, 6.45) is 4.28. The summed E-state index contributed by atoms with van der Waals surface area (Å²) in [6.45, 7) is 4.75. The van der Waals surface area contributed by atoms with E-state index in [0.717, 1.165) is 12.8 Å². The molecule has 0 aliphatic heterocycles. The van der Waals surface area contributed by atoms with Crippen molar-refractivity contribution in [3.63, 3.8) is 0 Å². The minimum absolute atomic E-state index is 0.940. The van der Waals surface area contributed by atoms with Crippen molar-refractivity contribution >= 4 is 29.5 Å². The van der Waals surface area contributed by atoms with Crippen LogP contribution in [0.15, 0.2) is 84.9 Å². The molecule has 1 atom stereocenters. The van der Waals surface area contributed by atoms with Crippen molar-refractivity contribution in [2.75, 3.05) is 0 Å². The molecule has 0 spiro atoms. The Bertz CT molecular complexity index is 1360. The van der Waals surface area contributed by atoms with Gasteiger partial charge in [-0.1, -0.05) is 0 Å². The Morgan fingerprint density at radius 2 is 1.11 bits per heavy atom. The molecule has 0 heterocycles. The topological polar surface area (TPSA) is 0 Å². The van der Waals surface area contributed by atoms with Crippen LogP contribution in [0, 0.1) is 0 Å². The normalized spacial score (nSPS) is 15.5. The molecule has 177 valence electrons. The molecule has 0 N–H and O–H groups in total. The Morgan fingerprint density at radius 1 is 0.657 bits per heavy atom. The molecule has 4 heteroatoms. The van der Waals surface area contributed by atoms with E-state index in [0.29, 0.717) is 0 Å². The number of fused-ring (bicyclic) bond motifs is 6. The van der Waals surface area contributed by atoms with E-state index in [9.17, 15) is 0 Å². The SMILES string of the molecule is CCCC[SiH](C)[Zr]([Cl])([Cl])([c]1cccc2c1Cc1ccccc1-2)[c]1cccc2c1Cc1ccccc1-2. The molecule has 1 unspecified atom stereocenters. The van der Waals surface area contributed by atoms with Gasteiger partial charge in [0.15, 0.2) is 0 Å². The number of unbranched alkanes of at least 4 members (excludes halogenated alkanes) is 1. The van der Waals surface area contributed by atoms with Gasteiger partial charge in [-0.25, -0.2) is 0 Å². The van der Waals surface area contributed by atoms with Gasteiger partial charge in [0.05, 0.1) is 0 Å². The average molecular weight is 594 g/mol. The molecule has 4 aromatic rings. The monoisotopic (exact) mass is 591 g/mol. The van der Waals surface area contributed by atoms with Crippen LogP contribution in [0.25, 0.3) is 22.3 Å². The van der Waals surface area contributed by atoms with Gasteiger partial charge < -0.3 is 0 Å².